The van der Waals surface area contributed by atoms with E-state index in [0.29, 0.717) is 11.8 Å². The van der Waals surface area contributed by atoms with Gasteiger partial charge < -0.3 is 0 Å². The van der Waals surface area contributed by atoms with Crippen LogP contribution in [0.25, 0.3) is 38.8 Å². The molecule has 7 aromatic carbocycles. The van der Waals surface area contributed by atoms with Crippen molar-refractivity contribution in [3.8, 4) is 16.9 Å². The van der Waals surface area contributed by atoms with Gasteiger partial charge in [0, 0.05) is 24.0 Å². The van der Waals surface area contributed by atoms with E-state index >= 15 is 0 Å². The Hall–Kier alpha value is -6.73. The van der Waals surface area contributed by atoms with Crippen molar-refractivity contribution in [3.05, 3.63) is 199 Å². The fraction of sp³-hybridized carbons (Fsp3) is 0.130. The second-order valence-electron chi connectivity index (χ2n) is 16.5. The summed E-state index contributed by atoms with van der Waals surface area (Å²) in [5.41, 5.74) is 10.5. The first-order chi connectivity index (χ1) is 29.3. The van der Waals surface area contributed by atoms with Crippen LogP contribution in [0.4, 0.5) is 17.1 Å². The summed E-state index contributed by atoms with van der Waals surface area (Å²) in [7, 11) is -1.06. The average Bonchev–Trinajstić information content (AvgIpc) is 3.81. The Morgan fingerprint density at radius 1 is 0.500 bits per heavy atom. The van der Waals surface area contributed by atoms with E-state index in [-0.39, 0.29) is 0 Å². The van der Waals surface area contributed by atoms with E-state index in [2.05, 4.69) is 214 Å². The number of hydroxylamine groups is 1. The lowest BCUT2D eigenvalue weighted by atomic mass is 9.85. The predicted octanol–water partition coefficient (Wildman–Crippen LogP) is 10.9. The molecule has 0 bridgehead atoms. The first-order valence-corrected chi connectivity index (χ1v) is 23.0. The normalized spacial score (nSPS) is 12.9. The fourth-order valence-corrected chi connectivity index (χ4v) is 14.4. The van der Waals surface area contributed by atoms with Crippen molar-refractivity contribution >= 4 is 67.7 Å². The van der Waals surface area contributed by atoms with Gasteiger partial charge in [0.1, 0.15) is 5.82 Å². The SMILES string of the molecule is CC(C)c1cccc(C(C)C)c1-c1ccnc(-n2c3ccccc3c3ccc([Si](c4ccccc4)(c4ccccc4)c4cccc(N5ON(C)c6ccccc65)c4)cc32)c1. The lowest BCUT2D eigenvalue weighted by Gasteiger charge is -2.35. The van der Waals surface area contributed by atoms with Crippen LogP contribution < -0.4 is 30.9 Å². The van der Waals surface area contributed by atoms with Gasteiger partial charge in [-0.05, 0) is 103 Å². The zero-order valence-corrected chi connectivity index (χ0v) is 35.7. The second-order valence-corrected chi connectivity index (χ2v) is 20.3. The van der Waals surface area contributed by atoms with E-state index in [1.54, 1.807) is 0 Å². The molecule has 60 heavy (non-hydrogen) atoms. The predicted molar refractivity (Wildman–Crippen MR) is 254 cm³/mol. The van der Waals surface area contributed by atoms with Crippen LogP contribution >= 0.6 is 0 Å². The molecule has 0 N–H and O–H groups in total. The first kappa shape index (κ1) is 37.5. The molecular formula is C54H48N4OSi. The zero-order valence-electron chi connectivity index (χ0n) is 34.7. The van der Waals surface area contributed by atoms with Crippen molar-refractivity contribution < 1.29 is 4.94 Å². The highest BCUT2D eigenvalue weighted by molar-refractivity contribution is 7.20. The summed E-state index contributed by atoms with van der Waals surface area (Å²) in [5, 5.41) is 11.4. The van der Waals surface area contributed by atoms with Gasteiger partial charge in [0.05, 0.1) is 28.1 Å². The Kier molecular flexibility index (Phi) is 9.47. The van der Waals surface area contributed by atoms with Crippen molar-refractivity contribution in [1.29, 1.82) is 0 Å². The van der Waals surface area contributed by atoms with E-state index in [0.717, 1.165) is 33.9 Å². The maximum atomic E-state index is 6.41. The molecule has 2 aromatic heterocycles. The van der Waals surface area contributed by atoms with Crippen LogP contribution in [0.5, 0.6) is 0 Å². The molecule has 0 radical (unpaired) electrons. The highest BCUT2D eigenvalue weighted by Crippen LogP contribution is 2.41. The lowest BCUT2D eigenvalue weighted by Crippen LogP contribution is -2.74. The Morgan fingerprint density at radius 2 is 1.08 bits per heavy atom. The molecule has 0 atom stereocenters. The Labute approximate surface area is 353 Å². The first-order valence-electron chi connectivity index (χ1n) is 21.0. The van der Waals surface area contributed by atoms with Gasteiger partial charge in [-0.2, -0.15) is 5.06 Å². The molecule has 10 rings (SSSR count). The van der Waals surface area contributed by atoms with Crippen LogP contribution in [0, 0.1) is 0 Å². The largest absolute Gasteiger partial charge is 0.294 e. The molecule has 0 amide bonds. The van der Waals surface area contributed by atoms with Gasteiger partial charge in [0.25, 0.3) is 0 Å². The molecule has 294 valence electrons. The summed E-state index contributed by atoms with van der Waals surface area (Å²) < 4.78 is 2.39. The van der Waals surface area contributed by atoms with Gasteiger partial charge >= 0.3 is 0 Å². The van der Waals surface area contributed by atoms with Gasteiger partial charge in [-0.25, -0.2) is 10.0 Å². The van der Waals surface area contributed by atoms with E-state index in [1.807, 2.05) is 23.4 Å². The molecule has 0 fully saturated rings. The minimum Gasteiger partial charge on any atom is -0.294 e. The molecule has 0 aliphatic carbocycles. The maximum Gasteiger partial charge on any atom is 0.179 e. The molecule has 0 spiro atoms. The van der Waals surface area contributed by atoms with Crippen molar-refractivity contribution in [3.63, 3.8) is 0 Å². The number of nitrogens with zero attached hydrogens (tertiary/aromatic N) is 4. The minimum absolute atomic E-state index is 0.381. The molecule has 6 heteroatoms. The molecule has 1 aliphatic rings. The van der Waals surface area contributed by atoms with Crippen LogP contribution in [0.15, 0.2) is 188 Å². The number of hydrogen-bond donors (Lipinski definition) is 0. The summed E-state index contributed by atoms with van der Waals surface area (Å²) in [6.45, 7) is 9.17. The van der Waals surface area contributed by atoms with Crippen LogP contribution in [0.3, 0.4) is 0 Å². The summed E-state index contributed by atoms with van der Waals surface area (Å²) in [6.07, 6.45) is 1.99. The standard InChI is InChI=1S/C54H48N4OSi/c1-37(2)45-25-17-26-46(38(3)4)54(45)39-32-33-55-53(34-39)57-49-27-13-12-24-47(49)48-31-30-44(36-52(48)57)60(41-19-8-6-9-20-41,42-21-10-7-11-22-42)43-23-16-18-40(35-43)58-51-29-15-14-28-50(51)56(5)59-58/h6-38H,1-5H3. The third kappa shape index (κ3) is 6.05. The van der Waals surface area contributed by atoms with Crippen LogP contribution in [-0.2, 0) is 4.94 Å². The van der Waals surface area contributed by atoms with Gasteiger partial charge in [-0.3, -0.25) is 4.57 Å². The highest BCUT2D eigenvalue weighted by atomic mass is 28.3. The second kappa shape index (κ2) is 15.1. The van der Waals surface area contributed by atoms with Gasteiger partial charge in [-0.15, -0.1) is 4.94 Å². The summed E-state index contributed by atoms with van der Waals surface area (Å²) in [6, 6.07) is 66.9. The molecule has 1 aliphatic heterocycles. The maximum absolute atomic E-state index is 6.41. The number of fused-ring (bicyclic) bond motifs is 4. The summed E-state index contributed by atoms with van der Waals surface area (Å²) in [5.74, 6) is 1.67. The Balaban J connectivity index is 1.24. The van der Waals surface area contributed by atoms with E-state index in [1.165, 1.54) is 53.8 Å². The lowest BCUT2D eigenvalue weighted by molar-refractivity contribution is 0.142. The number of hydrogen-bond acceptors (Lipinski definition) is 4. The number of para-hydroxylation sites is 3. The topological polar surface area (TPSA) is 33.5 Å². The molecule has 0 saturated carbocycles. The van der Waals surface area contributed by atoms with Crippen molar-refractivity contribution in [2.45, 2.75) is 39.5 Å². The minimum atomic E-state index is -3.01. The summed E-state index contributed by atoms with van der Waals surface area (Å²) in [4.78, 5) is 11.6. The van der Waals surface area contributed by atoms with Gasteiger partial charge in [-0.1, -0.05) is 161 Å². The monoisotopic (exact) mass is 796 g/mol. The average molecular weight is 797 g/mol. The highest BCUT2D eigenvalue weighted by Gasteiger charge is 2.42. The number of anilines is 3. The number of benzene rings is 7. The van der Waals surface area contributed by atoms with Gasteiger partial charge in [0.2, 0.25) is 0 Å². The molecule has 3 heterocycles. The molecule has 0 saturated heterocycles. The Bertz CT molecular complexity index is 2950. The van der Waals surface area contributed by atoms with Crippen LogP contribution in [0.1, 0.15) is 50.7 Å². The van der Waals surface area contributed by atoms with Crippen molar-refractivity contribution in [1.82, 2.24) is 9.55 Å². The number of aromatic nitrogens is 2. The third-order valence-electron chi connectivity index (χ3n) is 12.3. The number of rotatable bonds is 9. The smallest absolute Gasteiger partial charge is 0.179 e. The van der Waals surface area contributed by atoms with E-state index in [9.17, 15) is 0 Å². The van der Waals surface area contributed by atoms with E-state index < -0.39 is 8.07 Å². The van der Waals surface area contributed by atoms with Gasteiger partial charge in [0.15, 0.2) is 8.07 Å². The molecule has 0 unspecified atom stereocenters. The molecule has 5 nitrogen and oxygen atoms in total. The summed E-state index contributed by atoms with van der Waals surface area (Å²) >= 11 is 0. The van der Waals surface area contributed by atoms with E-state index in [4.69, 9.17) is 9.92 Å². The quantitative estimate of drug-likeness (QED) is 0.108. The third-order valence-corrected chi connectivity index (χ3v) is 17.1. The van der Waals surface area contributed by atoms with Crippen molar-refractivity contribution in [2.24, 2.45) is 0 Å². The van der Waals surface area contributed by atoms with Crippen molar-refractivity contribution in [2.75, 3.05) is 17.2 Å². The Morgan fingerprint density at radius 3 is 1.78 bits per heavy atom. The molecular weight excluding hydrogens is 749 g/mol. The molecule has 9 aromatic rings. The van der Waals surface area contributed by atoms with Crippen LogP contribution in [-0.4, -0.2) is 24.7 Å². The zero-order chi connectivity index (χ0) is 41.0. The van der Waals surface area contributed by atoms with Crippen LogP contribution in [0.2, 0.25) is 0 Å². The fourth-order valence-electron chi connectivity index (χ4n) is 9.57. The number of pyridine rings is 1.